The van der Waals surface area contributed by atoms with E-state index in [1.54, 1.807) is 0 Å². The normalized spacial score (nSPS) is 15.4. The number of rotatable bonds is 3. The molecule has 0 amide bonds. The van der Waals surface area contributed by atoms with Gasteiger partial charge in [0.15, 0.2) is 0 Å². The second-order valence-electron chi connectivity index (χ2n) is 13.2. The molecule has 0 N–H and O–H groups in total. The summed E-state index contributed by atoms with van der Waals surface area (Å²) in [5.74, 6) is 1.74. The molecule has 0 saturated heterocycles. The molecule has 1 spiro atoms. The molecule has 1 unspecified atom stereocenters. The van der Waals surface area contributed by atoms with Crippen LogP contribution in [0.25, 0.3) is 43.8 Å². The van der Waals surface area contributed by atoms with E-state index in [9.17, 15) is 0 Å². The number of furan rings is 1. The predicted molar refractivity (Wildman–Crippen MR) is 203 cm³/mol. The van der Waals surface area contributed by atoms with Crippen molar-refractivity contribution in [1.29, 1.82) is 0 Å². The van der Waals surface area contributed by atoms with E-state index in [0.29, 0.717) is 0 Å². The molecule has 1 aliphatic carbocycles. The number of hydrogen-bond acceptors (Lipinski definition) is 3. The van der Waals surface area contributed by atoms with Crippen molar-refractivity contribution in [3.8, 4) is 22.6 Å². The molecule has 2 heterocycles. The first kappa shape index (κ1) is 27.4. The second-order valence-corrected chi connectivity index (χ2v) is 13.2. The Morgan fingerprint density at radius 1 is 0.400 bits per heavy atom. The van der Waals surface area contributed by atoms with Crippen molar-refractivity contribution in [2.75, 3.05) is 4.90 Å². The molecule has 234 valence electrons. The van der Waals surface area contributed by atoms with Crippen LogP contribution in [0, 0.1) is 0 Å². The molecule has 1 atom stereocenters. The van der Waals surface area contributed by atoms with Crippen molar-refractivity contribution >= 4 is 49.8 Å². The van der Waals surface area contributed by atoms with E-state index in [0.717, 1.165) is 61.6 Å². The number of para-hydroxylation sites is 3. The number of ether oxygens (including phenoxy) is 1. The zero-order valence-electron chi connectivity index (χ0n) is 27.0. The summed E-state index contributed by atoms with van der Waals surface area (Å²) in [6, 6.07) is 63.0. The second kappa shape index (κ2) is 10.2. The fourth-order valence-electron chi connectivity index (χ4n) is 8.69. The standard InChI is InChI=1S/C47H29NO2/c1-2-14-31(15-3-1)48(33-24-26-36-35-17-5-8-22-42(35)49-45(36)29-33)32-25-27-44-41(28-32)47(39-20-7-9-23-43(39)50-44)38-19-6-4-16-34(38)37-18-10-12-30-13-11-21-40(47)46(30)37/h1-29H. The molecule has 1 aromatic heterocycles. The van der Waals surface area contributed by atoms with Gasteiger partial charge in [0.1, 0.15) is 22.7 Å². The lowest BCUT2D eigenvalue weighted by molar-refractivity contribution is 0.435. The molecule has 0 fully saturated rings. The largest absolute Gasteiger partial charge is 0.457 e. The van der Waals surface area contributed by atoms with Gasteiger partial charge >= 0.3 is 0 Å². The van der Waals surface area contributed by atoms with E-state index in [-0.39, 0.29) is 0 Å². The maximum absolute atomic E-state index is 6.81. The van der Waals surface area contributed by atoms with Crippen molar-refractivity contribution in [3.05, 3.63) is 198 Å². The highest BCUT2D eigenvalue weighted by Gasteiger charge is 2.49. The minimum atomic E-state index is -0.615. The summed E-state index contributed by atoms with van der Waals surface area (Å²) in [5.41, 5.74) is 11.6. The highest BCUT2D eigenvalue weighted by atomic mass is 16.5. The predicted octanol–water partition coefficient (Wildman–Crippen LogP) is 12.7. The number of benzene rings is 8. The van der Waals surface area contributed by atoms with Gasteiger partial charge < -0.3 is 14.1 Å². The average Bonchev–Trinajstić information content (AvgIpc) is 3.55. The van der Waals surface area contributed by atoms with Crippen molar-refractivity contribution in [2.24, 2.45) is 0 Å². The first-order chi connectivity index (χ1) is 24.8. The van der Waals surface area contributed by atoms with Crippen LogP contribution in [0.1, 0.15) is 22.3 Å². The van der Waals surface area contributed by atoms with Crippen LogP contribution < -0.4 is 9.64 Å². The van der Waals surface area contributed by atoms with Crippen LogP contribution in [0.3, 0.4) is 0 Å². The van der Waals surface area contributed by atoms with E-state index in [1.807, 2.05) is 12.1 Å². The van der Waals surface area contributed by atoms with Gasteiger partial charge in [-0.1, -0.05) is 115 Å². The smallest absolute Gasteiger partial charge is 0.137 e. The summed E-state index contributed by atoms with van der Waals surface area (Å²) < 4.78 is 13.2. The zero-order valence-corrected chi connectivity index (χ0v) is 27.0. The summed E-state index contributed by atoms with van der Waals surface area (Å²) in [6.45, 7) is 0. The molecule has 8 aromatic carbocycles. The number of anilines is 3. The highest BCUT2D eigenvalue weighted by molar-refractivity contribution is 6.07. The molecular formula is C47H29NO2. The summed E-state index contributed by atoms with van der Waals surface area (Å²) in [7, 11) is 0. The Morgan fingerprint density at radius 2 is 1.06 bits per heavy atom. The van der Waals surface area contributed by atoms with E-state index in [1.165, 1.54) is 33.0 Å². The van der Waals surface area contributed by atoms with E-state index >= 15 is 0 Å². The van der Waals surface area contributed by atoms with Crippen LogP contribution in [0.15, 0.2) is 180 Å². The molecule has 9 aromatic rings. The topological polar surface area (TPSA) is 25.6 Å². The number of fused-ring (bicyclic) bond motifs is 11. The first-order valence-corrected chi connectivity index (χ1v) is 17.1. The summed E-state index contributed by atoms with van der Waals surface area (Å²) in [6.07, 6.45) is 0. The van der Waals surface area contributed by atoms with Gasteiger partial charge in [-0.2, -0.15) is 0 Å². The molecule has 3 heteroatoms. The molecule has 0 bridgehead atoms. The summed E-state index contributed by atoms with van der Waals surface area (Å²) in [5, 5.41) is 4.76. The lowest BCUT2D eigenvalue weighted by Crippen LogP contribution is -2.36. The van der Waals surface area contributed by atoms with Crippen molar-refractivity contribution < 1.29 is 9.15 Å². The van der Waals surface area contributed by atoms with E-state index in [4.69, 9.17) is 9.15 Å². The Bertz CT molecular complexity index is 2810. The Morgan fingerprint density at radius 3 is 1.98 bits per heavy atom. The van der Waals surface area contributed by atoms with Crippen molar-refractivity contribution in [1.82, 2.24) is 0 Å². The van der Waals surface area contributed by atoms with Crippen molar-refractivity contribution in [3.63, 3.8) is 0 Å². The third kappa shape index (κ3) is 3.64. The Kier molecular flexibility index (Phi) is 5.59. The van der Waals surface area contributed by atoms with Crippen LogP contribution in [0.2, 0.25) is 0 Å². The van der Waals surface area contributed by atoms with Gasteiger partial charge in [0.25, 0.3) is 0 Å². The van der Waals surface area contributed by atoms with Gasteiger partial charge in [0.05, 0.1) is 5.41 Å². The highest BCUT2D eigenvalue weighted by Crippen LogP contribution is 2.61. The summed E-state index contributed by atoms with van der Waals surface area (Å²) >= 11 is 0. The Hall–Kier alpha value is -6.58. The van der Waals surface area contributed by atoms with Crippen LogP contribution in [-0.2, 0) is 5.41 Å². The van der Waals surface area contributed by atoms with E-state index < -0.39 is 5.41 Å². The van der Waals surface area contributed by atoms with Gasteiger partial charge in [0.2, 0.25) is 0 Å². The molecular weight excluding hydrogens is 611 g/mol. The third-order valence-corrected chi connectivity index (χ3v) is 10.7. The van der Waals surface area contributed by atoms with E-state index in [2.05, 4.69) is 169 Å². The number of nitrogens with zero attached hydrogens (tertiary/aromatic N) is 1. The fraction of sp³-hybridized carbons (Fsp3) is 0.0213. The maximum Gasteiger partial charge on any atom is 0.137 e. The molecule has 0 radical (unpaired) electrons. The minimum absolute atomic E-state index is 0.615. The van der Waals surface area contributed by atoms with Crippen LogP contribution in [0.4, 0.5) is 17.1 Å². The Balaban J connectivity index is 1.22. The molecule has 2 aliphatic rings. The van der Waals surface area contributed by atoms with Gasteiger partial charge in [-0.15, -0.1) is 0 Å². The monoisotopic (exact) mass is 639 g/mol. The Labute approximate surface area is 289 Å². The summed E-state index contributed by atoms with van der Waals surface area (Å²) in [4.78, 5) is 2.32. The molecule has 11 rings (SSSR count). The molecule has 1 aliphatic heterocycles. The van der Waals surface area contributed by atoms with Crippen LogP contribution in [-0.4, -0.2) is 0 Å². The zero-order chi connectivity index (χ0) is 32.8. The van der Waals surface area contributed by atoms with Gasteiger partial charge in [-0.05, 0) is 87.6 Å². The number of hydrogen-bond donors (Lipinski definition) is 0. The van der Waals surface area contributed by atoms with Gasteiger partial charge in [0, 0.05) is 45.0 Å². The first-order valence-electron chi connectivity index (χ1n) is 17.1. The fourth-order valence-corrected chi connectivity index (χ4v) is 8.69. The lowest BCUT2D eigenvalue weighted by Gasteiger charge is -2.45. The van der Waals surface area contributed by atoms with Crippen LogP contribution >= 0.6 is 0 Å². The van der Waals surface area contributed by atoms with Crippen molar-refractivity contribution in [2.45, 2.75) is 5.41 Å². The van der Waals surface area contributed by atoms with Gasteiger partial charge in [-0.25, -0.2) is 0 Å². The third-order valence-electron chi connectivity index (χ3n) is 10.7. The SMILES string of the molecule is c1ccc(N(c2ccc3c(c2)C2(c4ccccc4O3)c3ccccc3-c3cccc4cccc2c34)c2ccc3c(c2)oc2ccccc23)cc1. The quantitative estimate of drug-likeness (QED) is 0.192. The minimum Gasteiger partial charge on any atom is -0.457 e. The van der Waals surface area contributed by atoms with Gasteiger partial charge in [-0.3, -0.25) is 0 Å². The molecule has 0 saturated carbocycles. The molecule has 50 heavy (non-hydrogen) atoms. The average molecular weight is 640 g/mol. The lowest BCUT2D eigenvalue weighted by atomic mass is 9.58. The van der Waals surface area contributed by atoms with Crippen LogP contribution in [0.5, 0.6) is 11.5 Å². The molecule has 3 nitrogen and oxygen atoms in total. The maximum atomic E-state index is 6.81.